The minimum absolute atomic E-state index is 0.212. The van der Waals surface area contributed by atoms with Crippen LogP contribution in [0, 0.1) is 0 Å². The van der Waals surface area contributed by atoms with Crippen LogP contribution in [0.3, 0.4) is 0 Å². The fourth-order valence-electron chi connectivity index (χ4n) is 2.24. The molecule has 0 fully saturated rings. The largest absolute Gasteiger partial charge is 0.326 e. The van der Waals surface area contributed by atoms with Gasteiger partial charge in [-0.05, 0) is 37.3 Å². The molecule has 2 N–H and O–H groups in total. The molecule has 0 heterocycles. The Morgan fingerprint density at radius 3 is 2.12 bits per heavy atom. The lowest BCUT2D eigenvalue weighted by Gasteiger charge is -2.20. The molecule has 2 rings (SSSR count). The zero-order valence-electron chi connectivity index (χ0n) is 13.6. The molecule has 0 atom stereocenters. The molecule has 2 aromatic carbocycles. The Hall–Kier alpha value is -3.15. The molecule has 6 heteroatoms. The topological polar surface area (TPSA) is 78.5 Å². The molecule has 0 aliphatic heterocycles. The van der Waals surface area contributed by atoms with E-state index in [-0.39, 0.29) is 5.91 Å². The third-order valence-electron chi connectivity index (χ3n) is 3.26. The first-order valence-electron chi connectivity index (χ1n) is 7.56. The Bertz CT molecular complexity index is 744. The first-order valence-corrected chi connectivity index (χ1v) is 7.56. The number of rotatable bonds is 4. The van der Waals surface area contributed by atoms with Crippen molar-refractivity contribution in [2.45, 2.75) is 13.8 Å². The number of hydrogen-bond acceptors (Lipinski definition) is 3. The summed E-state index contributed by atoms with van der Waals surface area (Å²) < 4.78 is 0. The highest BCUT2D eigenvalue weighted by atomic mass is 16.2. The van der Waals surface area contributed by atoms with Gasteiger partial charge in [0.25, 0.3) is 0 Å². The van der Waals surface area contributed by atoms with Crippen molar-refractivity contribution < 1.29 is 14.4 Å². The molecule has 0 saturated carbocycles. The van der Waals surface area contributed by atoms with Gasteiger partial charge >= 0.3 is 11.8 Å². The van der Waals surface area contributed by atoms with Gasteiger partial charge in [-0.25, -0.2) is 0 Å². The summed E-state index contributed by atoms with van der Waals surface area (Å²) in [5.74, 6) is -1.59. The molecule has 2 aromatic rings. The molecule has 0 bridgehead atoms. The van der Waals surface area contributed by atoms with Gasteiger partial charge in [-0.3, -0.25) is 14.4 Å². The minimum Gasteiger partial charge on any atom is -0.326 e. The molecule has 124 valence electrons. The van der Waals surface area contributed by atoms with Crippen molar-refractivity contribution in [2.75, 3.05) is 22.1 Å². The Balaban J connectivity index is 2.11. The summed E-state index contributed by atoms with van der Waals surface area (Å²) in [6, 6.07) is 15.6. The van der Waals surface area contributed by atoms with E-state index in [4.69, 9.17) is 0 Å². The maximum absolute atomic E-state index is 12.4. The van der Waals surface area contributed by atoms with Crippen molar-refractivity contribution >= 4 is 34.8 Å². The number of amides is 3. The number of nitrogens with one attached hydrogen (secondary N) is 2. The molecular formula is C18H19N3O3. The summed E-state index contributed by atoms with van der Waals surface area (Å²) in [6.07, 6.45) is 0. The molecule has 0 unspecified atom stereocenters. The van der Waals surface area contributed by atoms with E-state index in [0.29, 0.717) is 23.6 Å². The van der Waals surface area contributed by atoms with Crippen LogP contribution in [0.2, 0.25) is 0 Å². The third-order valence-corrected chi connectivity index (χ3v) is 3.26. The maximum Gasteiger partial charge on any atom is 0.316 e. The number of likely N-dealkylation sites (N-methyl/N-ethyl adjacent to an activating group) is 1. The minimum atomic E-state index is -0.735. The van der Waals surface area contributed by atoms with Crippen LogP contribution in [-0.4, -0.2) is 24.3 Å². The average molecular weight is 325 g/mol. The van der Waals surface area contributed by atoms with E-state index in [2.05, 4.69) is 10.6 Å². The Labute approximate surface area is 140 Å². The van der Waals surface area contributed by atoms with Crippen LogP contribution in [0.25, 0.3) is 0 Å². The summed E-state index contributed by atoms with van der Waals surface area (Å²) >= 11 is 0. The van der Waals surface area contributed by atoms with Gasteiger partial charge in [-0.2, -0.15) is 0 Å². The quantitative estimate of drug-likeness (QED) is 0.848. The van der Waals surface area contributed by atoms with Crippen molar-refractivity contribution in [3.05, 3.63) is 54.6 Å². The van der Waals surface area contributed by atoms with E-state index in [1.165, 1.54) is 11.8 Å². The van der Waals surface area contributed by atoms with E-state index in [1.807, 2.05) is 6.07 Å². The molecule has 6 nitrogen and oxygen atoms in total. The highest BCUT2D eigenvalue weighted by molar-refractivity contribution is 6.44. The lowest BCUT2D eigenvalue weighted by atomic mass is 10.2. The molecule has 0 aromatic heterocycles. The number of carbonyl (C=O) groups is 3. The van der Waals surface area contributed by atoms with Gasteiger partial charge in [-0.15, -0.1) is 0 Å². The van der Waals surface area contributed by atoms with E-state index in [1.54, 1.807) is 55.5 Å². The number of para-hydroxylation sites is 1. The van der Waals surface area contributed by atoms with E-state index in [9.17, 15) is 14.4 Å². The molecule has 24 heavy (non-hydrogen) atoms. The number of nitrogens with zero attached hydrogens (tertiary/aromatic N) is 1. The van der Waals surface area contributed by atoms with Crippen molar-refractivity contribution in [2.24, 2.45) is 0 Å². The molecular weight excluding hydrogens is 306 g/mol. The summed E-state index contributed by atoms with van der Waals surface area (Å²) in [7, 11) is 0. The Kier molecular flexibility index (Phi) is 5.68. The van der Waals surface area contributed by atoms with Crippen molar-refractivity contribution in [3.63, 3.8) is 0 Å². The van der Waals surface area contributed by atoms with Crippen LogP contribution < -0.4 is 15.5 Å². The molecule has 0 spiro atoms. The molecule has 0 aliphatic carbocycles. The summed E-state index contributed by atoms with van der Waals surface area (Å²) in [4.78, 5) is 37.1. The number of hydrogen-bond donors (Lipinski definition) is 2. The SMILES string of the molecule is CCN(C(=O)C(=O)Nc1cccc(NC(C)=O)c1)c1ccccc1. The number of anilines is 3. The van der Waals surface area contributed by atoms with Crippen LogP contribution in [0.4, 0.5) is 17.1 Å². The van der Waals surface area contributed by atoms with Crippen molar-refractivity contribution in [1.82, 2.24) is 0 Å². The monoisotopic (exact) mass is 325 g/mol. The zero-order chi connectivity index (χ0) is 17.5. The molecule has 0 aliphatic rings. The lowest BCUT2D eigenvalue weighted by Crippen LogP contribution is -2.39. The molecule has 3 amide bonds. The van der Waals surface area contributed by atoms with Gasteiger partial charge in [0.1, 0.15) is 0 Å². The highest BCUT2D eigenvalue weighted by Crippen LogP contribution is 2.17. The predicted molar refractivity (Wildman–Crippen MR) is 93.8 cm³/mol. The predicted octanol–water partition coefficient (Wildman–Crippen LogP) is 2.64. The van der Waals surface area contributed by atoms with Gasteiger partial charge in [0, 0.05) is 30.5 Å². The first-order chi connectivity index (χ1) is 11.5. The fourth-order valence-corrected chi connectivity index (χ4v) is 2.24. The zero-order valence-corrected chi connectivity index (χ0v) is 13.6. The number of benzene rings is 2. The fraction of sp³-hybridized carbons (Fsp3) is 0.167. The lowest BCUT2D eigenvalue weighted by molar-refractivity contribution is -0.134. The van der Waals surface area contributed by atoms with E-state index < -0.39 is 11.8 Å². The summed E-state index contributed by atoms with van der Waals surface area (Å²) in [5.41, 5.74) is 1.64. The third kappa shape index (κ3) is 4.42. The normalized spacial score (nSPS) is 9.92. The standard InChI is InChI=1S/C18H19N3O3/c1-3-21(16-10-5-4-6-11-16)18(24)17(23)20-15-9-7-8-14(12-15)19-13(2)22/h4-12H,3H2,1-2H3,(H,19,22)(H,20,23). The van der Waals surface area contributed by atoms with Gasteiger partial charge < -0.3 is 15.5 Å². The van der Waals surface area contributed by atoms with Crippen LogP contribution in [-0.2, 0) is 14.4 Å². The van der Waals surface area contributed by atoms with E-state index in [0.717, 1.165) is 0 Å². The van der Waals surface area contributed by atoms with Crippen LogP contribution in [0.15, 0.2) is 54.6 Å². The van der Waals surface area contributed by atoms with Gasteiger partial charge in [-0.1, -0.05) is 24.3 Å². The summed E-state index contributed by atoms with van der Waals surface area (Å²) in [5, 5.41) is 5.18. The maximum atomic E-state index is 12.4. The second-order valence-corrected chi connectivity index (χ2v) is 5.10. The highest BCUT2D eigenvalue weighted by Gasteiger charge is 2.22. The van der Waals surface area contributed by atoms with Crippen molar-refractivity contribution in [3.8, 4) is 0 Å². The molecule has 0 radical (unpaired) electrons. The van der Waals surface area contributed by atoms with Gasteiger partial charge in [0.15, 0.2) is 0 Å². The van der Waals surface area contributed by atoms with Crippen LogP contribution in [0.1, 0.15) is 13.8 Å². The smallest absolute Gasteiger partial charge is 0.316 e. The van der Waals surface area contributed by atoms with E-state index >= 15 is 0 Å². The van der Waals surface area contributed by atoms with Crippen LogP contribution >= 0.6 is 0 Å². The molecule has 0 saturated heterocycles. The first kappa shape index (κ1) is 17.2. The number of carbonyl (C=O) groups excluding carboxylic acids is 3. The average Bonchev–Trinajstić information content (AvgIpc) is 2.56. The van der Waals surface area contributed by atoms with Crippen LogP contribution in [0.5, 0.6) is 0 Å². The second kappa shape index (κ2) is 7.92. The Morgan fingerprint density at radius 1 is 0.917 bits per heavy atom. The summed E-state index contributed by atoms with van der Waals surface area (Å²) in [6.45, 7) is 3.57. The van der Waals surface area contributed by atoms with Gasteiger partial charge in [0.2, 0.25) is 5.91 Å². The van der Waals surface area contributed by atoms with Gasteiger partial charge in [0.05, 0.1) is 0 Å². The second-order valence-electron chi connectivity index (χ2n) is 5.10. The van der Waals surface area contributed by atoms with Crippen molar-refractivity contribution in [1.29, 1.82) is 0 Å². The Morgan fingerprint density at radius 2 is 1.54 bits per heavy atom.